The molecule has 5 rings (SSSR count). The second kappa shape index (κ2) is 12.0. The highest BCUT2D eigenvalue weighted by atomic mass is 19.1. The van der Waals surface area contributed by atoms with Crippen molar-refractivity contribution >= 4 is 17.5 Å². The highest BCUT2D eigenvalue weighted by Gasteiger charge is 2.35. The number of allylic oxidation sites excluding steroid dienone is 1. The van der Waals surface area contributed by atoms with E-state index in [1.807, 2.05) is 51.2 Å². The molecule has 3 aromatic heterocycles. The van der Waals surface area contributed by atoms with E-state index in [0.29, 0.717) is 18.1 Å². The third kappa shape index (κ3) is 5.90. The van der Waals surface area contributed by atoms with Crippen LogP contribution >= 0.6 is 0 Å². The fourth-order valence-corrected chi connectivity index (χ4v) is 5.39. The number of anilines is 1. The number of hydrogen-bond donors (Lipinski definition) is 1. The molecule has 0 radical (unpaired) electrons. The van der Waals surface area contributed by atoms with Gasteiger partial charge in [-0.05, 0) is 70.1 Å². The quantitative estimate of drug-likeness (QED) is 0.243. The molecule has 214 valence electrons. The maximum absolute atomic E-state index is 14.9. The Morgan fingerprint density at radius 3 is 2.63 bits per heavy atom. The number of aromatic nitrogens is 2. The van der Waals surface area contributed by atoms with E-state index in [0.717, 1.165) is 41.4 Å². The van der Waals surface area contributed by atoms with Gasteiger partial charge in [-0.25, -0.2) is 9.18 Å². The fraction of sp³-hybridized carbons (Fsp3) is 0.312. The number of rotatable bonds is 10. The summed E-state index contributed by atoms with van der Waals surface area (Å²) in [6.07, 6.45) is 4.83. The number of nitrogens with zero attached hydrogens (tertiary/aromatic N) is 4. The molecule has 1 aromatic carbocycles. The predicted octanol–water partition coefficient (Wildman–Crippen LogP) is 5.89. The minimum absolute atomic E-state index is 0.0414. The van der Waals surface area contributed by atoms with Crippen molar-refractivity contribution in [3.8, 4) is 5.75 Å². The Morgan fingerprint density at radius 1 is 1.17 bits per heavy atom. The number of ether oxygens (including phenoxy) is 1. The zero-order valence-electron chi connectivity index (χ0n) is 23.8. The van der Waals surface area contributed by atoms with Gasteiger partial charge in [0.2, 0.25) is 0 Å². The number of pyridine rings is 1. The Kier molecular flexibility index (Phi) is 8.26. The third-order valence-electron chi connectivity index (χ3n) is 7.28. The number of fused-ring (bicyclic) bond motifs is 1. The molecule has 0 saturated carbocycles. The summed E-state index contributed by atoms with van der Waals surface area (Å²) in [5.74, 6) is 0.966. The van der Waals surface area contributed by atoms with Crippen LogP contribution in [0.15, 0.2) is 71.3 Å². The summed E-state index contributed by atoms with van der Waals surface area (Å²) >= 11 is 0. The number of likely N-dealkylation sites (N-methyl/N-ethyl adjacent to an activating group) is 1. The SMILES string of the molecule is CCOC(=O)c1c(O)cc2n1C(Cc1ccccc1F)C=C(c1cc(C)oc1C)N2CN(C)CCc1ccccn1. The van der Waals surface area contributed by atoms with Crippen LogP contribution < -0.4 is 4.90 Å². The molecule has 1 atom stereocenters. The van der Waals surface area contributed by atoms with Crippen LogP contribution in [0, 0.1) is 19.7 Å². The Labute approximate surface area is 239 Å². The third-order valence-corrected chi connectivity index (χ3v) is 7.28. The van der Waals surface area contributed by atoms with Crippen LogP contribution in [0.1, 0.15) is 51.8 Å². The number of aryl methyl sites for hydroxylation is 2. The lowest BCUT2D eigenvalue weighted by molar-refractivity contribution is 0.0509. The number of hydrogen-bond acceptors (Lipinski definition) is 7. The zero-order chi connectivity index (χ0) is 29.1. The van der Waals surface area contributed by atoms with E-state index < -0.39 is 12.0 Å². The molecule has 1 aliphatic heterocycles. The highest BCUT2D eigenvalue weighted by molar-refractivity contribution is 5.94. The number of aromatic hydroxyl groups is 1. The monoisotopic (exact) mass is 558 g/mol. The summed E-state index contributed by atoms with van der Waals surface area (Å²) in [7, 11) is 2.01. The minimum atomic E-state index is -0.634. The molecule has 0 bridgehead atoms. The van der Waals surface area contributed by atoms with Crippen LogP contribution in [0.25, 0.3) is 5.70 Å². The molecule has 0 amide bonds. The Balaban J connectivity index is 1.60. The average molecular weight is 559 g/mol. The summed E-state index contributed by atoms with van der Waals surface area (Å²) in [6, 6.07) is 15.6. The average Bonchev–Trinajstić information content (AvgIpc) is 3.48. The molecule has 1 N–H and O–H groups in total. The summed E-state index contributed by atoms with van der Waals surface area (Å²) in [4.78, 5) is 21.8. The van der Waals surface area contributed by atoms with Crippen LogP contribution in [0.2, 0.25) is 0 Å². The van der Waals surface area contributed by atoms with Crippen LogP contribution in [-0.2, 0) is 17.6 Å². The summed E-state index contributed by atoms with van der Waals surface area (Å²) in [5.41, 5.74) is 3.28. The van der Waals surface area contributed by atoms with E-state index >= 15 is 0 Å². The first-order chi connectivity index (χ1) is 19.8. The van der Waals surface area contributed by atoms with E-state index in [4.69, 9.17) is 9.15 Å². The fourth-order valence-electron chi connectivity index (χ4n) is 5.39. The molecule has 0 aliphatic carbocycles. The number of esters is 1. The first-order valence-corrected chi connectivity index (χ1v) is 13.8. The number of halogens is 1. The second-order valence-corrected chi connectivity index (χ2v) is 10.3. The minimum Gasteiger partial charge on any atom is -0.505 e. The van der Waals surface area contributed by atoms with Gasteiger partial charge in [0.15, 0.2) is 5.69 Å². The molecule has 4 aromatic rings. The number of furan rings is 1. The van der Waals surface area contributed by atoms with Crippen molar-refractivity contribution in [2.24, 2.45) is 0 Å². The number of benzene rings is 1. The van der Waals surface area contributed by atoms with Crippen molar-refractivity contribution in [2.75, 3.05) is 31.8 Å². The summed E-state index contributed by atoms with van der Waals surface area (Å²) in [6.45, 7) is 6.85. The number of carbonyl (C=O) groups excluding carboxylic acids is 1. The Bertz CT molecular complexity index is 1560. The van der Waals surface area contributed by atoms with E-state index in [-0.39, 0.29) is 30.3 Å². The van der Waals surface area contributed by atoms with Gasteiger partial charge >= 0.3 is 5.97 Å². The maximum Gasteiger partial charge on any atom is 0.358 e. The van der Waals surface area contributed by atoms with E-state index in [1.165, 1.54) is 6.07 Å². The smallest absolute Gasteiger partial charge is 0.358 e. The molecular formula is C32H35FN4O4. The van der Waals surface area contributed by atoms with Gasteiger partial charge in [-0.3, -0.25) is 9.88 Å². The molecule has 0 fully saturated rings. The van der Waals surface area contributed by atoms with Gasteiger partial charge in [0, 0.05) is 36.5 Å². The van der Waals surface area contributed by atoms with Crippen molar-refractivity contribution in [3.63, 3.8) is 0 Å². The molecule has 9 heteroatoms. The molecule has 0 saturated heterocycles. The van der Waals surface area contributed by atoms with Gasteiger partial charge in [0.05, 0.1) is 25.0 Å². The van der Waals surface area contributed by atoms with Crippen molar-refractivity contribution in [2.45, 2.75) is 39.7 Å². The molecule has 1 aliphatic rings. The van der Waals surface area contributed by atoms with E-state index in [2.05, 4.69) is 14.8 Å². The molecular weight excluding hydrogens is 523 g/mol. The Hall–Kier alpha value is -4.37. The van der Waals surface area contributed by atoms with Crippen LogP contribution in [-0.4, -0.2) is 52.4 Å². The predicted molar refractivity (Wildman–Crippen MR) is 155 cm³/mol. The van der Waals surface area contributed by atoms with E-state index in [9.17, 15) is 14.3 Å². The van der Waals surface area contributed by atoms with Crippen molar-refractivity contribution < 1.29 is 23.4 Å². The van der Waals surface area contributed by atoms with Crippen molar-refractivity contribution in [1.29, 1.82) is 0 Å². The van der Waals surface area contributed by atoms with Gasteiger partial charge in [0.1, 0.15) is 28.9 Å². The highest BCUT2D eigenvalue weighted by Crippen LogP contribution is 2.43. The summed E-state index contributed by atoms with van der Waals surface area (Å²) < 4.78 is 27.9. The standard InChI is InChI=1S/C32H35FN4O4/c1-5-40-32(39)31-29(38)19-30-36(20-35(4)15-13-24-11-8-9-14-34-24)28(26-16-21(2)41-22(26)3)18-25(37(30)31)17-23-10-6-7-12-27(23)33/h6-12,14,16,18-19,25,38H,5,13,15,17,20H2,1-4H3. The second-order valence-electron chi connectivity index (χ2n) is 10.3. The van der Waals surface area contributed by atoms with Gasteiger partial charge in [-0.15, -0.1) is 0 Å². The zero-order valence-corrected chi connectivity index (χ0v) is 23.8. The molecule has 1 unspecified atom stereocenters. The number of carbonyl (C=O) groups is 1. The van der Waals surface area contributed by atoms with E-state index in [1.54, 1.807) is 42.0 Å². The van der Waals surface area contributed by atoms with Crippen LogP contribution in [0.5, 0.6) is 5.75 Å². The van der Waals surface area contributed by atoms with Crippen molar-refractivity contribution in [1.82, 2.24) is 14.5 Å². The first-order valence-electron chi connectivity index (χ1n) is 13.8. The first kappa shape index (κ1) is 28.2. The van der Waals surface area contributed by atoms with Crippen LogP contribution in [0.3, 0.4) is 0 Å². The molecule has 0 spiro atoms. The topological polar surface area (TPSA) is 84.0 Å². The van der Waals surface area contributed by atoms with Crippen molar-refractivity contribution in [3.05, 3.63) is 107 Å². The summed E-state index contributed by atoms with van der Waals surface area (Å²) in [5, 5.41) is 11.1. The lowest BCUT2D eigenvalue weighted by atomic mass is 9.99. The molecule has 8 nitrogen and oxygen atoms in total. The van der Waals surface area contributed by atoms with Gasteiger partial charge in [-0.2, -0.15) is 0 Å². The van der Waals surface area contributed by atoms with Gasteiger partial charge < -0.3 is 23.7 Å². The lowest BCUT2D eigenvalue weighted by Crippen LogP contribution is -2.40. The lowest BCUT2D eigenvalue weighted by Gasteiger charge is -2.38. The molecule has 41 heavy (non-hydrogen) atoms. The van der Waals surface area contributed by atoms with Gasteiger partial charge in [0.25, 0.3) is 0 Å². The maximum atomic E-state index is 14.9. The largest absolute Gasteiger partial charge is 0.505 e. The van der Waals surface area contributed by atoms with Gasteiger partial charge in [-0.1, -0.05) is 24.3 Å². The normalized spacial score (nSPS) is 14.7. The Morgan fingerprint density at radius 2 is 1.95 bits per heavy atom. The van der Waals surface area contributed by atoms with Crippen LogP contribution in [0.4, 0.5) is 10.2 Å². The molecule has 4 heterocycles.